The zero-order valence-corrected chi connectivity index (χ0v) is 5.37. The van der Waals surface area contributed by atoms with Gasteiger partial charge in [0.1, 0.15) is 0 Å². The van der Waals surface area contributed by atoms with E-state index in [0.29, 0.717) is 0 Å². The van der Waals surface area contributed by atoms with Gasteiger partial charge in [-0.3, -0.25) is 10.1 Å². The number of nitro benzene ring substituents is 1. The summed E-state index contributed by atoms with van der Waals surface area (Å²) in [6, 6.07) is 3.07. The maximum Gasteiger partial charge on any atom is 0.305 e. The lowest BCUT2D eigenvalue weighted by Gasteiger charge is -1.95. The molecule has 0 N–H and O–H groups in total. The Morgan fingerprint density at radius 1 is 1.73 bits per heavy atom. The molecule has 0 heterocycles. The van der Waals surface area contributed by atoms with Crippen LogP contribution in [0.1, 0.15) is 9.68 Å². The molecule has 1 aromatic rings. The van der Waals surface area contributed by atoms with Crippen LogP contribution in [-0.4, -0.2) is 4.92 Å². The molecule has 0 atom stereocenters. The largest absolute Gasteiger partial charge is 0.305 e. The third-order valence-corrected chi connectivity index (χ3v) is 1.18. The van der Waals surface area contributed by atoms with Crippen molar-refractivity contribution in [1.82, 2.24) is 0 Å². The molecule has 1 aromatic carbocycles. The predicted octanol–water partition coefficient (Wildman–Crippen LogP) is 2.04. The number of nitrogens with zero attached hydrogens (tertiary/aromatic N) is 1. The van der Waals surface area contributed by atoms with Crippen LogP contribution in [0.3, 0.4) is 0 Å². The van der Waals surface area contributed by atoms with Crippen LogP contribution in [0.2, 0.25) is 0 Å². The molecule has 11 heavy (non-hydrogen) atoms. The van der Waals surface area contributed by atoms with E-state index in [1.807, 2.05) is 0 Å². The molecule has 0 aliphatic carbocycles. The number of benzene rings is 1. The molecule has 0 radical (unpaired) electrons. The van der Waals surface area contributed by atoms with Crippen molar-refractivity contribution in [3.63, 3.8) is 0 Å². The third-order valence-electron chi connectivity index (χ3n) is 1.18. The van der Waals surface area contributed by atoms with Crippen molar-refractivity contribution in [2.75, 3.05) is 0 Å². The van der Waals surface area contributed by atoms with E-state index in [4.69, 9.17) is 4.11 Å². The highest BCUT2D eigenvalue weighted by molar-refractivity contribution is 5.35. The average Bonchev–Trinajstić information content (AvgIpc) is 2.01. The molecule has 0 bridgehead atoms. The van der Waals surface area contributed by atoms with Gasteiger partial charge in [0.2, 0.25) is 5.82 Å². The van der Waals surface area contributed by atoms with Crippen molar-refractivity contribution in [3.05, 3.63) is 39.7 Å². The normalized spacial score (nSPS) is 14.8. The van der Waals surface area contributed by atoms with Gasteiger partial charge in [-0.1, -0.05) is 12.1 Å². The minimum Gasteiger partial charge on any atom is -0.258 e. The van der Waals surface area contributed by atoms with Gasteiger partial charge in [0, 0.05) is 10.2 Å². The van der Waals surface area contributed by atoms with Crippen molar-refractivity contribution in [1.29, 1.82) is 0 Å². The van der Waals surface area contributed by atoms with Crippen molar-refractivity contribution >= 4 is 5.69 Å². The maximum atomic E-state index is 13.2. The van der Waals surface area contributed by atoms with Gasteiger partial charge in [0.15, 0.2) is 0 Å². The fraction of sp³-hybridized carbons (Fsp3) is 0.143. The second-order valence-corrected chi connectivity index (χ2v) is 1.90. The fourth-order valence-electron chi connectivity index (χ4n) is 0.661. The molecule has 0 fully saturated rings. The summed E-state index contributed by atoms with van der Waals surface area (Å²) in [5, 5.41) is 10.3. The molecule has 3 nitrogen and oxygen atoms in total. The average molecular weight is 158 g/mol. The van der Waals surface area contributed by atoms with E-state index in [2.05, 4.69) is 0 Å². The first-order valence-electron chi connectivity index (χ1n) is 4.27. The first-order valence-corrected chi connectivity index (χ1v) is 2.77. The van der Waals surface area contributed by atoms with Crippen LogP contribution < -0.4 is 0 Å². The molecule has 0 amide bonds. The lowest BCUT2D eigenvalue weighted by molar-refractivity contribution is -0.387. The van der Waals surface area contributed by atoms with E-state index in [1.54, 1.807) is 0 Å². The summed E-state index contributed by atoms with van der Waals surface area (Å²) in [5.41, 5.74) is -1.45. The van der Waals surface area contributed by atoms with Gasteiger partial charge in [-0.15, -0.1) is 0 Å². The Hall–Kier alpha value is -1.45. The number of halogens is 1. The van der Waals surface area contributed by atoms with Gasteiger partial charge < -0.3 is 0 Å². The SMILES string of the molecule is [2H]C([2H])([2H])c1cccc([N+](=O)[O-])c1F. The quantitative estimate of drug-likeness (QED) is 0.463. The zero-order chi connectivity index (χ0) is 10.9. The molecule has 1 rings (SSSR count). The molecule has 4 heteroatoms. The molecule has 0 aliphatic heterocycles. The van der Waals surface area contributed by atoms with Crippen LogP contribution >= 0.6 is 0 Å². The Bertz CT molecular complexity index is 378. The molecule has 0 saturated carbocycles. The summed E-state index contributed by atoms with van der Waals surface area (Å²) in [6.07, 6.45) is 0. The molecule has 0 saturated heterocycles. The molecule has 0 spiro atoms. The van der Waals surface area contributed by atoms with E-state index < -0.39 is 28.8 Å². The molecule has 0 aromatic heterocycles. The lowest BCUT2D eigenvalue weighted by Crippen LogP contribution is -1.93. The minimum absolute atomic E-state index is 0.633. The van der Waals surface area contributed by atoms with Crippen molar-refractivity contribution < 1.29 is 13.4 Å². The van der Waals surface area contributed by atoms with E-state index in [0.717, 1.165) is 18.2 Å². The maximum absolute atomic E-state index is 13.2. The second-order valence-electron chi connectivity index (χ2n) is 1.90. The first-order chi connectivity index (χ1) is 6.34. The van der Waals surface area contributed by atoms with Crippen LogP contribution in [0.25, 0.3) is 0 Å². The highest BCUT2D eigenvalue weighted by atomic mass is 19.1. The van der Waals surface area contributed by atoms with E-state index in [9.17, 15) is 14.5 Å². The number of nitro groups is 1. The van der Waals surface area contributed by atoms with Gasteiger partial charge in [0.25, 0.3) is 0 Å². The minimum atomic E-state index is -2.67. The fourth-order valence-corrected chi connectivity index (χ4v) is 0.661. The highest BCUT2D eigenvalue weighted by Gasteiger charge is 2.13. The van der Waals surface area contributed by atoms with E-state index >= 15 is 0 Å². The number of hydrogen-bond donors (Lipinski definition) is 0. The number of hydrogen-bond acceptors (Lipinski definition) is 2. The van der Waals surface area contributed by atoms with Crippen LogP contribution in [0, 0.1) is 22.8 Å². The van der Waals surface area contributed by atoms with Crippen LogP contribution in [-0.2, 0) is 0 Å². The van der Waals surface area contributed by atoms with Gasteiger partial charge >= 0.3 is 5.69 Å². The van der Waals surface area contributed by atoms with Crippen LogP contribution in [0.4, 0.5) is 10.1 Å². The Kier molecular flexibility index (Phi) is 1.07. The number of rotatable bonds is 1. The Morgan fingerprint density at radius 3 is 3.00 bits per heavy atom. The molecular formula is C7H6FNO2. The standard InChI is InChI=1S/C7H6FNO2/c1-5-3-2-4-6(7(5)8)9(10)11/h2-4H,1H3/i1D3. The molecule has 58 valence electrons. The van der Waals surface area contributed by atoms with Crippen molar-refractivity contribution in [2.45, 2.75) is 6.85 Å². The third kappa shape index (κ3) is 1.34. The van der Waals surface area contributed by atoms with Crippen molar-refractivity contribution in [3.8, 4) is 0 Å². The van der Waals surface area contributed by atoms with Crippen LogP contribution in [0.15, 0.2) is 18.2 Å². The topological polar surface area (TPSA) is 43.1 Å². The lowest BCUT2D eigenvalue weighted by atomic mass is 10.2. The smallest absolute Gasteiger partial charge is 0.258 e. The summed E-state index contributed by atoms with van der Waals surface area (Å²) in [4.78, 5) is 9.33. The Morgan fingerprint density at radius 2 is 2.45 bits per heavy atom. The van der Waals surface area contributed by atoms with E-state index in [1.165, 1.54) is 0 Å². The number of aryl methyl sites for hydroxylation is 1. The second kappa shape index (κ2) is 2.65. The Balaban J connectivity index is 3.35. The zero-order valence-electron chi connectivity index (χ0n) is 8.37. The first kappa shape index (κ1) is 4.43. The highest BCUT2D eigenvalue weighted by Crippen LogP contribution is 2.18. The monoisotopic (exact) mass is 158 g/mol. The summed E-state index contributed by atoms with van der Waals surface area (Å²) in [6.45, 7) is -2.67. The molecule has 0 unspecified atom stereocenters. The molecular weight excluding hydrogens is 149 g/mol. The summed E-state index contributed by atoms with van der Waals surface area (Å²) < 4.78 is 34.0. The Labute approximate surface area is 66.8 Å². The summed E-state index contributed by atoms with van der Waals surface area (Å²) in [5.74, 6) is -1.29. The van der Waals surface area contributed by atoms with Gasteiger partial charge in [-0.2, -0.15) is 4.39 Å². The van der Waals surface area contributed by atoms with Gasteiger partial charge in [-0.05, 0) is 12.4 Å². The predicted molar refractivity (Wildman–Crippen MR) is 37.8 cm³/mol. The summed E-state index contributed by atoms with van der Waals surface area (Å²) >= 11 is 0. The van der Waals surface area contributed by atoms with Gasteiger partial charge in [-0.25, -0.2) is 0 Å². The molecule has 0 aliphatic rings. The van der Waals surface area contributed by atoms with E-state index in [-0.39, 0.29) is 0 Å². The van der Waals surface area contributed by atoms with Gasteiger partial charge in [0.05, 0.1) is 4.92 Å². The summed E-state index contributed by atoms with van der Waals surface area (Å²) in [7, 11) is 0. The van der Waals surface area contributed by atoms with Crippen LogP contribution in [0.5, 0.6) is 0 Å². The van der Waals surface area contributed by atoms with Crippen molar-refractivity contribution in [2.24, 2.45) is 0 Å².